The van der Waals surface area contributed by atoms with Crippen LogP contribution < -0.4 is 0 Å². The fraction of sp³-hybridized carbons (Fsp3) is 0.923. The Balaban J connectivity index is 3.89. The third-order valence-corrected chi connectivity index (χ3v) is 12.9. The second kappa shape index (κ2) is 48.3. The second-order valence-corrected chi connectivity index (χ2v) is 19.4. The number of carbonyl (C=O) groups is 2. The lowest BCUT2D eigenvalue weighted by Crippen LogP contribution is -2.29. The summed E-state index contributed by atoms with van der Waals surface area (Å²) < 4.78 is 32.8. The van der Waals surface area contributed by atoms with Crippen LogP contribution in [0, 0.1) is 0 Å². The Hall–Kier alpha value is -1.21. The number of allylic oxidation sites excluding steroid dienone is 2. The molecule has 0 amide bonds. The molecule has 0 aromatic rings. The molecule has 0 saturated carbocycles. The lowest BCUT2D eigenvalue weighted by Gasteiger charge is -2.19. The SMILES string of the molecule is CCCCCCCC/C=C\CCCCCCCCCC(=O)OC(COC(=O)CCCCCCCCCCCCCCCCCCCCCCCCCC)COP(=O)(O)OCC. The van der Waals surface area contributed by atoms with Gasteiger partial charge in [0.15, 0.2) is 6.10 Å². The molecule has 0 fully saturated rings. The lowest BCUT2D eigenvalue weighted by atomic mass is 10.0. The van der Waals surface area contributed by atoms with Crippen molar-refractivity contribution in [2.45, 2.75) is 290 Å². The van der Waals surface area contributed by atoms with Gasteiger partial charge in [0.05, 0.1) is 13.2 Å². The normalized spacial score (nSPS) is 13.2. The first-order chi connectivity index (χ1) is 29.8. The monoisotopic (exact) mass is 885 g/mol. The molecule has 362 valence electrons. The van der Waals surface area contributed by atoms with Crippen LogP contribution >= 0.6 is 7.82 Å². The van der Waals surface area contributed by atoms with Crippen molar-refractivity contribution in [1.29, 1.82) is 0 Å². The minimum Gasteiger partial charge on any atom is -0.462 e. The highest BCUT2D eigenvalue weighted by atomic mass is 31.2. The van der Waals surface area contributed by atoms with Gasteiger partial charge < -0.3 is 14.4 Å². The number of carbonyl (C=O) groups excluding carboxylic acids is 2. The minimum absolute atomic E-state index is 0.00314. The molecule has 0 aliphatic rings. The molecule has 0 aromatic heterocycles. The average Bonchev–Trinajstić information content (AvgIpc) is 3.24. The zero-order valence-electron chi connectivity index (χ0n) is 40.6. The van der Waals surface area contributed by atoms with Crippen molar-refractivity contribution in [3.63, 3.8) is 0 Å². The molecule has 2 atom stereocenters. The van der Waals surface area contributed by atoms with Crippen LogP contribution in [0.4, 0.5) is 0 Å². The lowest BCUT2D eigenvalue weighted by molar-refractivity contribution is -0.161. The zero-order valence-corrected chi connectivity index (χ0v) is 41.5. The Morgan fingerprint density at radius 3 is 1.08 bits per heavy atom. The van der Waals surface area contributed by atoms with Gasteiger partial charge in [-0.1, -0.05) is 238 Å². The first kappa shape index (κ1) is 59.8. The molecule has 0 spiro atoms. The van der Waals surface area contributed by atoms with E-state index in [9.17, 15) is 19.0 Å². The molecule has 0 radical (unpaired) electrons. The van der Waals surface area contributed by atoms with Crippen molar-refractivity contribution < 1.29 is 37.6 Å². The Kier molecular flexibility index (Phi) is 47.3. The van der Waals surface area contributed by atoms with Crippen LogP contribution in [0.2, 0.25) is 0 Å². The first-order valence-corrected chi connectivity index (χ1v) is 28.0. The summed E-state index contributed by atoms with van der Waals surface area (Å²) in [6.07, 6.45) is 54.3. The molecule has 9 heteroatoms. The van der Waals surface area contributed by atoms with E-state index in [1.165, 1.54) is 199 Å². The number of esters is 2. The molecule has 8 nitrogen and oxygen atoms in total. The van der Waals surface area contributed by atoms with Gasteiger partial charge in [0.25, 0.3) is 0 Å². The smallest absolute Gasteiger partial charge is 0.462 e. The van der Waals surface area contributed by atoms with Gasteiger partial charge in [0.2, 0.25) is 0 Å². The number of unbranched alkanes of at least 4 members (excludes halogenated alkanes) is 36. The van der Waals surface area contributed by atoms with Gasteiger partial charge in [0, 0.05) is 12.8 Å². The highest BCUT2D eigenvalue weighted by Gasteiger charge is 2.25. The van der Waals surface area contributed by atoms with E-state index in [-0.39, 0.29) is 32.2 Å². The molecule has 0 aromatic carbocycles. The van der Waals surface area contributed by atoms with E-state index in [1.54, 1.807) is 6.92 Å². The largest absolute Gasteiger partial charge is 0.472 e. The summed E-state index contributed by atoms with van der Waals surface area (Å²) in [5, 5.41) is 0. The summed E-state index contributed by atoms with van der Waals surface area (Å²) in [6.45, 7) is 5.53. The fourth-order valence-corrected chi connectivity index (χ4v) is 8.68. The number of ether oxygens (including phenoxy) is 2. The highest BCUT2D eigenvalue weighted by molar-refractivity contribution is 7.47. The maximum absolute atomic E-state index is 12.6. The van der Waals surface area contributed by atoms with Crippen molar-refractivity contribution in [3.05, 3.63) is 12.2 Å². The van der Waals surface area contributed by atoms with Gasteiger partial charge in [0.1, 0.15) is 6.61 Å². The van der Waals surface area contributed by atoms with Crippen LogP contribution in [0.3, 0.4) is 0 Å². The van der Waals surface area contributed by atoms with E-state index in [0.29, 0.717) is 12.8 Å². The van der Waals surface area contributed by atoms with Gasteiger partial charge in [-0.3, -0.25) is 18.6 Å². The zero-order chi connectivity index (χ0) is 44.6. The van der Waals surface area contributed by atoms with Crippen molar-refractivity contribution in [2.75, 3.05) is 19.8 Å². The Labute approximate surface area is 378 Å². The quantitative estimate of drug-likeness (QED) is 0.0278. The van der Waals surface area contributed by atoms with E-state index < -0.39 is 19.9 Å². The van der Waals surface area contributed by atoms with E-state index in [4.69, 9.17) is 18.5 Å². The van der Waals surface area contributed by atoms with E-state index in [1.807, 2.05) is 0 Å². The average molecular weight is 885 g/mol. The molecule has 0 aliphatic heterocycles. The Bertz CT molecular complexity index is 1000. The maximum Gasteiger partial charge on any atom is 0.472 e. The van der Waals surface area contributed by atoms with Gasteiger partial charge in [-0.2, -0.15) is 0 Å². The van der Waals surface area contributed by atoms with Gasteiger partial charge in [-0.15, -0.1) is 0 Å². The van der Waals surface area contributed by atoms with Crippen molar-refractivity contribution >= 4 is 19.8 Å². The molecule has 61 heavy (non-hydrogen) atoms. The second-order valence-electron chi connectivity index (χ2n) is 17.9. The molecule has 1 N–H and O–H groups in total. The molecule has 0 saturated heterocycles. The number of hydrogen-bond acceptors (Lipinski definition) is 7. The molecule has 0 bridgehead atoms. The number of phosphoric acid groups is 1. The maximum atomic E-state index is 12.6. The van der Waals surface area contributed by atoms with Crippen LogP contribution in [-0.4, -0.2) is 42.8 Å². The van der Waals surface area contributed by atoms with Crippen molar-refractivity contribution in [3.8, 4) is 0 Å². The molecule has 0 rings (SSSR count). The van der Waals surface area contributed by atoms with E-state index in [2.05, 4.69) is 26.0 Å². The topological polar surface area (TPSA) is 108 Å². The van der Waals surface area contributed by atoms with Gasteiger partial charge in [-0.25, -0.2) is 4.57 Å². The standard InChI is InChI=1S/C52H101O8P/c1-4-7-9-11-13-15-17-19-21-23-24-25-26-27-28-29-31-32-34-36-38-40-42-44-46-51(53)57-48-50(49-59-61(55,56)58-6-3)60-52(54)47-45-43-41-39-37-35-33-30-22-20-18-16-14-12-10-8-5-2/h20,22,50H,4-19,21,23-49H2,1-3H3,(H,55,56)/b22-20-. The minimum atomic E-state index is -4.28. The number of rotatable bonds is 50. The van der Waals surface area contributed by atoms with Crippen molar-refractivity contribution in [1.82, 2.24) is 0 Å². The fourth-order valence-electron chi connectivity index (χ4n) is 7.92. The molecular weight excluding hydrogens is 784 g/mol. The Morgan fingerprint density at radius 1 is 0.426 bits per heavy atom. The van der Waals surface area contributed by atoms with Crippen LogP contribution in [0.25, 0.3) is 0 Å². The summed E-state index contributed by atoms with van der Waals surface area (Å²) >= 11 is 0. The van der Waals surface area contributed by atoms with Crippen LogP contribution in [0.5, 0.6) is 0 Å². The van der Waals surface area contributed by atoms with Crippen LogP contribution in [0.15, 0.2) is 12.2 Å². The number of hydrogen-bond donors (Lipinski definition) is 1. The molecule has 2 unspecified atom stereocenters. The highest BCUT2D eigenvalue weighted by Crippen LogP contribution is 2.43. The van der Waals surface area contributed by atoms with E-state index in [0.717, 1.165) is 44.9 Å². The summed E-state index contributed by atoms with van der Waals surface area (Å²) in [4.78, 5) is 34.9. The number of phosphoric ester groups is 1. The predicted octanol–water partition coefficient (Wildman–Crippen LogP) is 17.2. The third-order valence-electron chi connectivity index (χ3n) is 11.8. The summed E-state index contributed by atoms with van der Waals surface area (Å²) in [7, 11) is -4.28. The van der Waals surface area contributed by atoms with Gasteiger partial charge in [-0.05, 0) is 45.4 Å². The summed E-state index contributed by atoms with van der Waals surface area (Å²) in [6, 6.07) is 0. The van der Waals surface area contributed by atoms with E-state index >= 15 is 0 Å². The first-order valence-electron chi connectivity index (χ1n) is 26.5. The Morgan fingerprint density at radius 2 is 0.738 bits per heavy atom. The van der Waals surface area contributed by atoms with Crippen molar-refractivity contribution in [2.24, 2.45) is 0 Å². The summed E-state index contributed by atoms with van der Waals surface area (Å²) in [5.41, 5.74) is 0. The van der Waals surface area contributed by atoms with Crippen LogP contribution in [0.1, 0.15) is 284 Å². The molecular formula is C52H101O8P. The molecule has 0 aliphatic carbocycles. The van der Waals surface area contributed by atoms with Crippen LogP contribution in [-0.2, 0) is 32.7 Å². The predicted molar refractivity (Wildman–Crippen MR) is 258 cm³/mol. The van der Waals surface area contributed by atoms with Gasteiger partial charge >= 0.3 is 19.8 Å². The third kappa shape index (κ3) is 48.1. The molecule has 0 heterocycles. The summed E-state index contributed by atoms with van der Waals surface area (Å²) in [5.74, 6) is -0.785.